The molecule has 0 bridgehead atoms. The second-order valence-electron chi connectivity index (χ2n) is 4.64. The van der Waals surface area contributed by atoms with Crippen molar-refractivity contribution in [3.05, 3.63) is 28.2 Å². The van der Waals surface area contributed by atoms with Gasteiger partial charge in [0.2, 0.25) is 0 Å². The van der Waals surface area contributed by atoms with E-state index < -0.39 is 5.97 Å². The zero-order chi connectivity index (χ0) is 15.1. The van der Waals surface area contributed by atoms with E-state index in [2.05, 4.69) is 29.8 Å². The summed E-state index contributed by atoms with van der Waals surface area (Å²) in [4.78, 5) is 10.6. The number of benzene rings is 1. The maximum Gasteiger partial charge on any atom is 0.328 e. The van der Waals surface area contributed by atoms with Crippen LogP contribution in [-0.4, -0.2) is 24.3 Å². The van der Waals surface area contributed by atoms with Crippen molar-refractivity contribution in [2.45, 2.75) is 20.8 Å². The van der Waals surface area contributed by atoms with Gasteiger partial charge < -0.3 is 14.6 Å². The highest BCUT2D eigenvalue weighted by Gasteiger charge is 2.12. The smallest absolute Gasteiger partial charge is 0.328 e. The summed E-state index contributed by atoms with van der Waals surface area (Å²) in [6.07, 6.45) is 2.61. The van der Waals surface area contributed by atoms with E-state index in [4.69, 9.17) is 14.6 Å². The molecule has 0 atom stereocenters. The number of hydrogen-bond acceptors (Lipinski definition) is 3. The van der Waals surface area contributed by atoms with Gasteiger partial charge in [-0.25, -0.2) is 4.79 Å². The van der Waals surface area contributed by atoms with Gasteiger partial charge in [-0.05, 0) is 52.5 Å². The molecular formula is C15H19BrO4. The van der Waals surface area contributed by atoms with E-state index in [1.54, 1.807) is 12.1 Å². The molecule has 0 saturated carbocycles. The van der Waals surface area contributed by atoms with Crippen LogP contribution < -0.4 is 9.47 Å². The standard InChI is InChI=1S/C15H19BrO4/c1-4-19-13-8-11(5-6-14(17)18)7-12(16)15(13)20-9-10(2)3/h5-8,10H,4,9H2,1-3H3,(H,17,18). The molecule has 1 aromatic carbocycles. The third-order valence-electron chi connectivity index (χ3n) is 2.31. The van der Waals surface area contributed by atoms with Crippen molar-refractivity contribution in [2.24, 2.45) is 5.92 Å². The third kappa shape index (κ3) is 5.25. The summed E-state index contributed by atoms with van der Waals surface area (Å²) < 4.78 is 12.1. The molecule has 0 aromatic heterocycles. The van der Waals surface area contributed by atoms with Crippen molar-refractivity contribution in [1.29, 1.82) is 0 Å². The molecule has 0 saturated heterocycles. The van der Waals surface area contributed by atoms with E-state index in [1.165, 1.54) is 6.08 Å². The lowest BCUT2D eigenvalue weighted by atomic mass is 10.2. The average molecular weight is 343 g/mol. The van der Waals surface area contributed by atoms with Crippen molar-refractivity contribution in [3.8, 4) is 11.5 Å². The molecule has 1 N–H and O–H groups in total. The first-order valence-electron chi connectivity index (χ1n) is 6.44. The van der Waals surface area contributed by atoms with Crippen LogP contribution in [0.15, 0.2) is 22.7 Å². The first kappa shape index (κ1) is 16.6. The molecule has 110 valence electrons. The highest BCUT2D eigenvalue weighted by atomic mass is 79.9. The maximum absolute atomic E-state index is 10.6. The summed E-state index contributed by atoms with van der Waals surface area (Å²) in [6.45, 7) is 7.12. The molecule has 0 amide bonds. The molecule has 0 unspecified atom stereocenters. The Hall–Kier alpha value is -1.49. The lowest BCUT2D eigenvalue weighted by Crippen LogP contribution is -2.07. The van der Waals surface area contributed by atoms with Gasteiger partial charge in [0.05, 0.1) is 17.7 Å². The summed E-state index contributed by atoms with van der Waals surface area (Å²) in [6, 6.07) is 3.57. The fraction of sp³-hybridized carbons (Fsp3) is 0.400. The highest BCUT2D eigenvalue weighted by molar-refractivity contribution is 9.10. The molecule has 0 aliphatic rings. The van der Waals surface area contributed by atoms with Crippen LogP contribution in [0.1, 0.15) is 26.3 Å². The number of halogens is 1. The molecule has 1 rings (SSSR count). The van der Waals surface area contributed by atoms with Crippen LogP contribution in [0.5, 0.6) is 11.5 Å². The molecule has 1 aromatic rings. The molecule has 0 heterocycles. The number of hydrogen-bond donors (Lipinski definition) is 1. The van der Waals surface area contributed by atoms with E-state index in [0.717, 1.165) is 16.1 Å². The normalized spacial score (nSPS) is 11.1. The molecule has 5 heteroatoms. The van der Waals surface area contributed by atoms with Gasteiger partial charge in [0.15, 0.2) is 11.5 Å². The second kappa shape index (κ2) is 7.94. The Kier molecular flexibility index (Phi) is 6.58. The third-order valence-corrected chi connectivity index (χ3v) is 2.90. The van der Waals surface area contributed by atoms with Crippen LogP contribution in [0.4, 0.5) is 0 Å². The maximum atomic E-state index is 10.6. The van der Waals surface area contributed by atoms with E-state index in [1.807, 2.05) is 6.92 Å². The van der Waals surface area contributed by atoms with E-state index in [-0.39, 0.29) is 0 Å². The SMILES string of the molecule is CCOc1cc(C=CC(=O)O)cc(Br)c1OCC(C)C. The van der Waals surface area contributed by atoms with Crippen LogP contribution in [0.2, 0.25) is 0 Å². The van der Waals surface area contributed by atoms with Crippen molar-refractivity contribution < 1.29 is 19.4 Å². The lowest BCUT2D eigenvalue weighted by Gasteiger charge is -2.15. The van der Waals surface area contributed by atoms with E-state index in [9.17, 15) is 4.79 Å². The quantitative estimate of drug-likeness (QED) is 0.761. The summed E-state index contributed by atoms with van der Waals surface area (Å²) in [5, 5.41) is 8.66. The van der Waals surface area contributed by atoms with Gasteiger partial charge in [0, 0.05) is 6.08 Å². The zero-order valence-electron chi connectivity index (χ0n) is 11.9. The minimum absolute atomic E-state index is 0.406. The number of carbonyl (C=O) groups is 1. The Morgan fingerprint density at radius 3 is 2.65 bits per heavy atom. The lowest BCUT2D eigenvalue weighted by molar-refractivity contribution is -0.131. The predicted octanol–water partition coefficient (Wildman–Crippen LogP) is 3.98. The van der Waals surface area contributed by atoms with Crippen molar-refractivity contribution in [1.82, 2.24) is 0 Å². The first-order chi connectivity index (χ1) is 9.43. The minimum atomic E-state index is -0.987. The van der Waals surface area contributed by atoms with E-state index >= 15 is 0 Å². The Morgan fingerprint density at radius 1 is 1.40 bits per heavy atom. The molecule has 0 aliphatic heterocycles. The molecule has 0 aliphatic carbocycles. The number of carboxylic acid groups (broad SMARTS) is 1. The number of carboxylic acids is 1. The van der Waals surface area contributed by atoms with Gasteiger partial charge in [0.25, 0.3) is 0 Å². The van der Waals surface area contributed by atoms with Crippen molar-refractivity contribution >= 4 is 28.0 Å². The highest BCUT2D eigenvalue weighted by Crippen LogP contribution is 2.37. The van der Waals surface area contributed by atoms with Crippen LogP contribution >= 0.6 is 15.9 Å². The van der Waals surface area contributed by atoms with Gasteiger partial charge >= 0.3 is 5.97 Å². The Morgan fingerprint density at radius 2 is 2.10 bits per heavy atom. The summed E-state index contributed by atoms with van der Waals surface area (Å²) in [5.41, 5.74) is 0.736. The fourth-order valence-electron chi connectivity index (χ4n) is 1.50. The fourth-order valence-corrected chi connectivity index (χ4v) is 2.08. The van der Waals surface area contributed by atoms with Crippen molar-refractivity contribution in [2.75, 3.05) is 13.2 Å². The summed E-state index contributed by atoms with van der Waals surface area (Å²) in [7, 11) is 0. The predicted molar refractivity (Wildman–Crippen MR) is 82.3 cm³/mol. The van der Waals surface area contributed by atoms with Crippen molar-refractivity contribution in [3.63, 3.8) is 0 Å². The zero-order valence-corrected chi connectivity index (χ0v) is 13.4. The summed E-state index contributed by atoms with van der Waals surface area (Å²) >= 11 is 3.44. The topological polar surface area (TPSA) is 55.8 Å². The van der Waals surface area contributed by atoms with Crippen LogP contribution in [-0.2, 0) is 4.79 Å². The second-order valence-corrected chi connectivity index (χ2v) is 5.49. The first-order valence-corrected chi connectivity index (χ1v) is 7.23. The molecule has 0 fully saturated rings. The molecule has 4 nitrogen and oxygen atoms in total. The summed E-state index contributed by atoms with van der Waals surface area (Å²) in [5.74, 6) is 0.669. The van der Waals surface area contributed by atoms with E-state index in [0.29, 0.717) is 30.6 Å². The average Bonchev–Trinajstić information content (AvgIpc) is 2.35. The molecule has 0 radical (unpaired) electrons. The Bertz CT molecular complexity index is 495. The molecule has 0 spiro atoms. The Labute approximate surface area is 127 Å². The monoisotopic (exact) mass is 342 g/mol. The number of aliphatic carboxylic acids is 1. The molecule has 20 heavy (non-hydrogen) atoms. The Balaban J connectivity index is 3.07. The number of rotatable bonds is 7. The van der Waals surface area contributed by atoms with Crippen LogP contribution in [0.3, 0.4) is 0 Å². The minimum Gasteiger partial charge on any atom is -0.490 e. The number of ether oxygens (including phenoxy) is 2. The van der Waals surface area contributed by atoms with Crippen LogP contribution in [0, 0.1) is 5.92 Å². The van der Waals surface area contributed by atoms with Gasteiger partial charge in [-0.2, -0.15) is 0 Å². The largest absolute Gasteiger partial charge is 0.490 e. The van der Waals surface area contributed by atoms with Gasteiger partial charge in [-0.15, -0.1) is 0 Å². The molecular weight excluding hydrogens is 324 g/mol. The van der Waals surface area contributed by atoms with Gasteiger partial charge in [-0.3, -0.25) is 0 Å². The van der Waals surface area contributed by atoms with Gasteiger partial charge in [0.1, 0.15) is 0 Å². The van der Waals surface area contributed by atoms with Gasteiger partial charge in [-0.1, -0.05) is 13.8 Å². The van der Waals surface area contributed by atoms with Crippen LogP contribution in [0.25, 0.3) is 6.08 Å².